The van der Waals surface area contributed by atoms with E-state index < -0.39 is 0 Å². The summed E-state index contributed by atoms with van der Waals surface area (Å²) in [6.45, 7) is 4.14. The fourth-order valence-electron chi connectivity index (χ4n) is 4.91. The molecule has 5 rings (SSSR count). The number of hydrogen-bond donors (Lipinski definition) is 2. The fourth-order valence-corrected chi connectivity index (χ4v) is 5.60. The summed E-state index contributed by atoms with van der Waals surface area (Å²) in [5, 5.41) is 7.85. The van der Waals surface area contributed by atoms with Gasteiger partial charge in [0.15, 0.2) is 5.11 Å². The van der Waals surface area contributed by atoms with E-state index in [1.165, 1.54) is 0 Å². The second-order valence-corrected chi connectivity index (χ2v) is 10.1. The summed E-state index contributed by atoms with van der Waals surface area (Å²) in [7, 11) is 0. The van der Waals surface area contributed by atoms with Gasteiger partial charge in [-0.2, -0.15) is 0 Å². The van der Waals surface area contributed by atoms with Crippen LogP contribution in [0.15, 0.2) is 79.0 Å². The van der Waals surface area contributed by atoms with Crippen molar-refractivity contribution in [3.63, 3.8) is 0 Å². The first-order chi connectivity index (χ1) is 17.8. The molecule has 37 heavy (non-hydrogen) atoms. The zero-order chi connectivity index (χ0) is 26.1. The Hall–Kier alpha value is -3.39. The molecule has 2 N–H and O–H groups in total. The molecule has 1 saturated heterocycles. The molecule has 3 heterocycles. The number of nitrogens with one attached hydrogen (secondary N) is 2. The highest BCUT2D eigenvalue weighted by atomic mass is 35.5. The molecule has 1 fully saturated rings. The lowest BCUT2D eigenvalue weighted by molar-refractivity contribution is -0.116. The summed E-state index contributed by atoms with van der Waals surface area (Å²) in [4.78, 5) is 19.6. The molecule has 0 aliphatic carbocycles. The predicted octanol–water partition coefficient (Wildman–Crippen LogP) is 6.41. The first kappa shape index (κ1) is 25.3. The van der Waals surface area contributed by atoms with E-state index in [4.69, 9.17) is 35.4 Å². The Labute approximate surface area is 231 Å². The Balaban J connectivity index is 1.56. The topological polar surface area (TPSA) is 62.2 Å². The van der Waals surface area contributed by atoms with E-state index in [0.717, 1.165) is 34.0 Å². The Kier molecular flexibility index (Phi) is 7.20. The molecule has 1 amide bonds. The number of nitrogens with zero attached hydrogens (tertiary/aromatic N) is 3. The number of amides is 1. The Morgan fingerprint density at radius 3 is 2.54 bits per heavy atom. The van der Waals surface area contributed by atoms with Crippen molar-refractivity contribution in [1.82, 2.24) is 19.8 Å². The molecule has 0 bridgehead atoms. The quantitative estimate of drug-likeness (QED) is 0.272. The van der Waals surface area contributed by atoms with Crippen molar-refractivity contribution in [2.45, 2.75) is 25.9 Å². The highest BCUT2D eigenvalue weighted by molar-refractivity contribution is 7.80. The summed E-state index contributed by atoms with van der Waals surface area (Å²) < 4.78 is 2.09. The largest absolute Gasteiger partial charge is 0.352 e. The van der Waals surface area contributed by atoms with E-state index in [9.17, 15) is 4.79 Å². The van der Waals surface area contributed by atoms with Crippen molar-refractivity contribution in [2.24, 2.45) is 0 Å². The van der Waals surface area contributed by atoms with Crippen LogP contribution in [0.3, 0.4) is 0 Å². The molecule has 1 aliphatic rings. The van der Waals surface area contributed by atoms with Gasteiger partial charge in [-0.15, -0.1) is 0 Å². The van der Waals surface area contributed by atoms with Crippen molar-refractivity contribution in [2.75, 3.05) is 11.9 Å². The molecule has 2 aromatic carbocycles. The lowest BCUT2D eigenvalue weighted by atomic mass is 9.96. The van der Waals surface area contributed by atoms with Crippen LogP contribution < -0.4 is 10.6 Å². The van der Waals surface area contributed by atoms with E-state index in [0.29, 0.717) is 15.2 Å². The minimum absolute atomic E-state index is 0.0797. The molecule has 0 spiro atoms. The van der Waals surface area contributed by atoms with Gasteiger partial charge in [-0.05, 0) is 74.1 Å². The van der Waals surface area contributed by atoms with Gasteiger partial charge in [0.2, 0.25) is 5.91 Å². The normalized spacial score (nSPS) is 17.1. The van der Waals surface area contributed by atoms with Gasteiger partial charge in [-0.3, -0.25) is 9.78 Å². The zero-order valence-electron chi connectivity index (χ0n) is 20.3. The smallest absolute Gasteiger partial charge is 0.244 e. The van der Waals surface area contributed by atoms with Crippen molar-refractivity contribution in [3.05, 3.63) is 112 Å². The monoisotopic (exact) mass is 549 g/mol. The van der Waals surface area contributed by atoms with Gasteiger partial charge < -0.3 is 20.1 Å². The molecule has 4 aromatic rings. The summed E-state index contributed by atoms with van der Waals surface area (Å²) in [5.41, 5.74) is 5.36. The van der Waals surface area contributed by atoms with Crippen LogP contribution in [0.5, 0.6) is 0 Å². The van der Waals surface area contributed by atoms with Gasteiger partial charge in [-0.1, -0.05) is 53.5 Å². The minimum Gasteiger partial charge on any atom is -0.352 e. The third-order valence-electron chi connectivity index (χ3n) is 6.53. The predicted molar refractivity (Wildman–Crippen MR) is 152 cm³/mol. The zero-order valence-corrected chi connectivity index (χ0v) is 22.6. The van der Waals surface area contributed by atoms with Gasteiger partial charge in [0.1, 0.15) is 6.54 Å². The van der Waals surface area contributed by atoms with Gasteiger partial charge in [0.05, 0.1) is 33.5 Å². The summed E-state index contributed by atoms with van der Waals surface area (Å²) in [5.74, 6) is -0.159. The number of carbonyl (C=O) groups excluding carboxylic acids is 1. The fraction of sp³-hybridized carbons (Fsp3) is 0.179. The van der Waals surface area contributed by atoms with Crippen molar-refractivity contribution < 1.29 is 4.79 Å². The van der Waals surface area contributed by atoms with Crippen LogP contribution in [0.2, 0.25) is 10.0 Å². The number of para-hydroxylation sites is 1. The molecule has 2 unspecified atom stereocenters. The molecule has 188 valence electrons. The molecular weight excluding hydrogens is 525 g/mol. The van der Waals surface area contributed by atoms with Crippen molar-refractivity contribution in [3.8, 4) is 5.69 Å². The molecule has 1 aliphatic heterocycles. The summed E-state index contributed by atoms with van der Waals surface area (Å²) in [6.07, 6.45) is 1.76. The van der Waals surface area contributed by atoms with Crippen molar-refractivity contribution in [1.29, 1.82) is 0 Å². The first-order valence-electron chi connectivity index (χ1n) is 11.8. The number of carbonyl (C=O) groups is 1. The third-order valence-corrected chi connectivity index (χ3v) is 7.69. The Bertz CT molecular complexity index is 1460. The van der Waals surface area contributed by atoms with E-state index >= 15 is 0 Å². The average molecular weight is 551 g/mol. The molecule has 2 atom stereocenters. The first-order valence-corrected chi connectivity index (χ1v) is 13.0. The van der Waals surface area contributed by atoms with Crippen LogP contribution in [-0.4, -0.2) is 32.0 Å². The number of benzene rings is 2. The summed E-state index contributed by atoms with van der Waals surface area (Å²) >= 11 is 18.7. The number of pyridine rings is 1. The van der Waals surface area contributed by atoms with E-state index in [1.54, 1.807) is 12.3 Å². The van der Waals surface area contributed by atoms with Crippen LogP contribution in [0, 0.1) is 13.8 Å². The number of aromatic nitrogens is 2. The second-order valence-electron chi connectivity index (χ2n) is 8.90. The molecular formula is C28H25Cl2N5OS. The van der Waals surface area contributed by atoms with E-state index in [2.05, 4.69) is 26.3 Å². The highest BCUT2D eigenvalue weighted by Crippen LogP contribution is 2.42. The standard InChI is InChI=1S/C28H25Cl2N5OS/c1-17-15-20(18(2)35(17)23-13-8-11-21(29)25(23)30)27-26(22-12-6-7-14-31-22)33-28(37)34(27)16-24(36)32-19-9-4-3-5-10-19/h3-15,26-27H,16H2,1-2H3,(H,32,36)(H,33,37). The maximum Gasteiger partial charge on any atom is 0.244 e. The summed E-state index contributed by atoms with van der Waals surface area (Å²) in [6, 6.07) is 22.4. The van der Waals surface area contributed by atoms with Gasteiger partial charge >= 0.3 is 0 Å². The SMILES string of the molecule is Cc1cc(C2C(c3ccccn3)NC(=S)N2CC(=O)Nc2ccccc2)c(C)n1-c1cccc(Cl)c1Cl. The lowest BCUT2D eigenvalue weighted by Gasteiger charge is -2.27. The number of anilines is 1. The Morgan fingerprint density at radius 1 is 1.05 bits per heavy atom. The molecule has 9 heteroatoms. The Morgan fingerprint density at radius 2 is 1.81 bits per heavy atom. The number of rotatable bonds is 6. The molecule has 2 aromatic heterocycles. The van der Waals surface area contributed by atoms with Crippen molar-refractivity contribution >= 4 is 52.1 Å². The number of thiocarbonyl (C=S) groups is 1. The van der Waals surface area contributed by atoms with Gasteiger partial charge in [0.25, 0.3) is 0 Å². The number of hydrogen-bond acceptors (Lipinski definition) is 3. The maximum absolute atomic E-state index is 13.1. The third kappa shape index (κ3) is 4.94. The molecule has 6 nitrogen and oxygen atoms in total. The van der Waals surface area contributed by atoms with Crippen LogP contribution in [0.4, 0.5) is 5.69 Å². The minimum atomic E-state index is -0.276. The van der Waals surface area contributed by atoms with Crippen LogP contribution >= 0.6 is 35.4 Å². The number of halogens is 2. The maximum atomic E-state index is 13.1. The average Bonchev–Trinajstić information content (AvgIpc) is 3.36. The van der Waals surface area contributed by atoms with E-state index in [-0.39, 0.29) is 24.5 Å². The highest BCUT2D eigenvalue weighted by Gasteiger charge is 2.42. The molecule has 0 saturated carbocycles. The van der Waals surface area contributed by atoms with Gasteiger partial charge in [-0.25, -0.2) is 0 Å². The lowest BCUT2D eigenvalue weighted by Crippen LogP contribution is -2.37. The van der Waals surface area contributed by atoms with E-state index in [1.807, 2.05) is 79.4 Å². The number of aryl methyl sites for hydroxylation is 1. The van der Waals surface area contributed by atoms with Crippen LogP contribution in [-0.2, 0) is 4.79 Å². The van der Waals surface area contributed by atoms with Crippen LogP contribution in [0.1, 0.15) is 34.7 Å². The van der Waals surface area contributed by atoms with Gasteiger partial charge in [0, 0.05) is 23.3 Å². The van der Waals surface area contributed by atoms with Crippen LogP contribution in [0.25, 0.3) is 5.69 Å². The molecule has 0 radical (unpaired) electrons. The second kappa shape index (κ2) is 10.5.